The summed E-state index contributed by atoms with van der Waals surface area (Å²) in [5, 5.41) is 9.00. The van der Waals surface area contributed by atoms with Crippen molar-refractivity contribution in [2.75, 3.05) is 19.7 Å². The molecule has 1 aromatic rings. The molecule has 0 aliphatic heterocycles. The zero-order valence-electron chi connectivity index (χ0n) is 10.3. The van der Waals surface area contributed by atoms with Crippen LogP contribution in [0.15, 0.2) is 28.7 Å². The largest absolute Gasteiger partial charge is 0.395 e. The maximum atomic E-state index is 12.0. The minimum atomic E-state index is 0.167. The first-order valence-corrected chi connectivity index (χ1v) is 7.13. The van der Waals surface area contributed by atoms with E-state index < -0.39 is 0 Å². The molecule has 0 atom stereocenters. The Morgan fingerprint density at radius 2 is 2.17 bits per heavy atom. The molecule has 0 heterocycles. The van der Waals surface area contributed by atoms with Crippen molar-refractivity contribution in [1.29, 1.82) is 0 Å². The number of hydrogen-bond acceptors (Lipinski definition) is 3. The average molecular weight is 312 g/mol. The second kappa shape index (κ2) is 6.45. The smallest absolute Gasteiger partial charge is 0.164 e. The van der Waals surface area contributed by atoms with E-state index in [1.807, 2.05) is 24.3 Å². The molecule has 1 N–H and O–H groups in total. The molecule has 0 amide bonds. The Hall–Kier alpha value is -0.710. The zero-order valence-corrected chi connectivity index (χ0v) is 11.9. The quantitative estimate of drug-likeness (QED) is 0.786. The molecule has 1 aromatic carbocycles. The van der Waals surface area contributed by atoms with Crippen molar-refractivity contribution in [2.24, 2.45) is 0 Å². The molecule has 2 rings (SSSR count). The highest BCUT2D eigenvalue weighted by Crippen LogP contribution is 2.26. The van der Waals surface area contributed by atoms with Crippen LogP contribution in [0.2, 0.25) is 0 Å². The fourth-order valence-corrected chi connectivity index (χ4v) is 2.50. The molecule has 3 nitrogen and oxygen atoms in total. The van der Waals surface area contributed by atoms with Crippen molar-refractivity contribution < 1.29 is 9.90 Å². The van der Waals surface area contributed by atoms with Gasteiger partial charge in [-0.2, -0.15) is 0 Å². The predicted octanol–water partition coefficient (Wildman–Crippen LogP) is 2.48. The predicted molar refractivity (Wildman–Crippen MR) is 74.8 cm³/mol. The highest BCUT2D eigenvalue weighted by Gasteiger charge is 2.28. The monoisotopic (exact) mass is 311 g/mol. The summed E-state index contributed by atoms with van der Waals surface area (Å²) in [4.78, 5) is 14.3. The maximum Gasteiger partial charge on any atom is 0.164 e. The highest BCUT2D eigenvalue weighted by molar-refractivity contribution is 9.10. The summed E-state index contributed by atoms with van der Waals surface area (Å²) in [5.74, 6) is 0.167. The van der Waals surface area contributed by atoms with Crippen molar-refractivity contribution >= 4 is 21.7 Å². The number of ketones is 1. The van der Waals surface area contributed by atoms with Crippen LogP contribution in [0.5, 0.6) is 0 Å². The average Bonchev–Trinajstić information content (AvgIpc) is 3.18. The van der Waals surface area contributed by atoms with E-state index in [0.717, 1.165) is 16.6 Å². The van der Waals surface area contributed by atoms with Crippen LogP contribution in [0.3, 0.4) is 0 Å². The summed E-state index contributed by atoms with van der Waals surface area (Å²) in [6.07, 6.45) is 2.92. The molecular formula is C14H18BrNO2. The van der Waals surface area contributed by atoms with E-state index in [1.54, 1.807) is 0 Å². The van der Waals surface area contributed by atoms with Crippen LogP contribution in [0.25, 0.3) is 0 Å². The molecule has 0 spiro atoms. The number of rotatable bonds is 7. The lowest BCUT2D eigenvalue weighted by molar-refractivity contribution is 0.0954. The molecule has 1 aliphatic rings. The number of aliphatic hydroxyl groups is 1. The maximum absolute atomic E-state index is 12.0. The van der Waals surface area contributed by atoms with E-state index in [9.17, 15) is 4.79 Å². The van der Waals surface area contributed by atoms with E-state index in [4.69, 9.17) is 5.11 Å². The number of benzene rings is 1. The third-order valence-corrected chi connectivity index (χ3v) is 3.72. The van der Waals surface area contributed by atoms with Crippen LogP contribution in [0, 0.1) is 0 Å². The molecule has 98 valence electrons. The standard InChI is InChI=1S/C14H18BrNO2/c15-12-3-1-2-11(10-12)14(18)6-7-16(8-9-17)13-4-5-13/h1-3,10,13,17H,4-9H2. The minimum Gasteiger partial charge on any atom is -0.395 e. The van der Waals surface area contributed by atoms with Gasteiger partial charge >= 0.3 is 0 Å². The minimum absolute atomic E-state index is 0.167. The fraction of sp³-hybridized carbons (Fsp3) is 0.500. The Kier molecular flexibility index (Phi) is 4.92. The van der Waals surface area contributed by atoms with Gasteiger partial charge in [0.2, 0.25) is 0 Å². The topological polar surface area (TPSA) is 40.5 Å². The fourth-order valence-electron chi connectivity index (χ4n) is 2.10. The molecule has 1 aliphatic carbocycles. The van der Waals surface area contributed by atoms with Gasteiger partial charge in [-0.05, 0) is 25.0 Å². The lowest BCUT2D eigenvalue weighted by Crippen LogP contribution is -2.31. The molecule has 0 aromatic heterocycles. The van der Waals surface area contributed by atoms with Crippen molar-refractivity contribution in [2.45, 2.75) is 25.3 Å². The van der Waals surface area contributed by atoms with E-state index in [-0.39, 0.29) is 12.4 Å². The Bertz CT molecular complexity index is 418. The van der Waals surface area contributed by atoms with Crippen molar-refractivity contribution in [3.05, 3.63) is 34.3 Å². The molecule has 0 bridgehead atoms. The third-order valence-electron chi connectivity index (χ3n) is 3.22. The Labute approximate surface area is 116 Å². The lowest BCUT2D eigenvalue weighted by Gasteiger charge is -2.20. The second-order valence-electron chi connectivity index (χ2n) is 4.67. The number of Topliss-reactive ketones (excluding diaryl/α,β-unsaturated/α-hetero) is 1. The van der Waals surface area contributed by atoms with Crippen molar-refractivity contribution in [3.63, 3.8) is 0 Å². The highest BCUT2D eigenvalue weighted by atomic mass is 79.9. The van der Waals surface area contributed by atoms with Crippen LogP contribution in [0.1, 0.15) is 29.6 Å². The number of hydrogen-bond donors (Lipinski definition) is 1. The van der Waals surface area contributed by atoms with Gasteiger partial charge in [-0.25, -0.2) is 0 Å². The van der Waals surface area contributed by atoms with Crippen LogP contribution in [0.4, 0.5) is 0 Å². The molecular weight excluding hydrogens is 294 g/mol. The second-order valence-corrected chi connectivity index (χ2v) is 5.59. The Morgan fingerprint density at radius 1 is 1.39 bits per heavy atom. The molecule has 0 radical (unpaired) electrons. The zero-order chi connectivity index (χ0) is 13.0. The number of aliphatic hydroxyl groups excluding tert-OH is 1. The number of nitrogens with zero attached hydrogens (tertiary/aromatic N) is 1. The number of carbonyl (C=O) groups is 1. The van der Waals surface area contributed by atoms with Crippen LogP contribution < -0.4 is 0 Å². The van der Waals surface area contributed by atoms with E-state index >= 15 is 0 Å². The summed E-state index contributed by atoms with van der Waals surface area (Å²) in [6, 6.07) is 8.09. The Balaban J connectivity index is 1.87. The van der Waals surface area contributed by atoms with Gasteiger partial charge in [0.1, 0.15) is 0 Å². The van der Waals surface area contributed by atoms with Gasteiger partial charge in [-0.15, -0.1) is 0 Å². The molecule has 4 heteroatoms. The van der Waals surface area contributed by atoms with Gasteiger partial charge < -0.3 is 5.11 Å². The van der Waals surface area contributed by atoms with Crippen molar-refractivity contribution in [3.8, 4) is 0 Å². The van der Waals surface area contributed by atoms with Crippen molar-refractivity contribution in [1.82, 2.24) is 4.90 Å². The van der Waals surface area contributed by atoms with E-state index in [1.165, 1.54) is 12.8 Å². The van der Waals surface area contributed by atoms with Gasteiger partial charge in [0, 0.05) is 35.6 Å². The van der Waals surface area contributed by atoms with Crippen LogP contribution in [-0.2, 0) is 0 Å². The number of halogens is 1. The first kappa shape index (κ1) is 13.7. The first-order valence-electron chi connectivity index (χ1n) is 6.34. The summed E-state index contributed by atoms with van der Waals surface area (Å²) in [7, 11) is 0. The molecule has 1 fully saturated rings. The molecule has 18 heavy (non-hydrogen) atoms. The van der Waals surface area contributed by atoms with Gasteiger partial charge in [0.25, 0.3) is 0 Å². The van der Waals surface area contributed by atoms with Gasteiger partial charge in [-0.1, -0.05) is 28.1 Å². The SMILES string of the molecule is O=C(CCN(CCO)C1CC1)c1cccc(Br)c1. The van der Waals surface area contributed by atoms with Crippen LogP contribution in [-0.4, -0.2) is 41.5 Å². The normalized spacial score (nSPS) is 15.1. The molecule has 1 saturated carbocycles. The van der Waals surface area contributed by atoms with E-state index in [0.29, 0.717) is 19.0 Å². The first-order chi connectivity index (χ1) is 8.70. The summed E-state index contributed by atoms with van der Waals surface area (Å²) in [5.41, 5.74) is 0.754. The lowest BCUT2D eigenvalue weighted by atomic mass is 10.1. The third kappa shape index (κ3) is 3.90. The van der Waals surface area contributed by atoms with Crippen LogP contribution >= 0.6 is 15.9 Å². The summed E-state index contributed by atoms with van der Waals surface area (Å²) < 4.78 is 0.933. The van der Waals surface area contributed by atoms with Gasteiger partial charge in [0.15, 0.2) is 5.78 Å². The van der Waals surface area contributed by atoms with Gasteiger partial charge in [0.05, 0.1) is 6.61 Å². The Morgan fingerprint density at radius 3 is 2.78 bits per heavy atom. The molecule has 0 saturated heterocycles. The number of carbonyl (C=O) groups excluding carboxylic acids is 1. The molecule has 0 unspecified atom stereocenters. The summed E-state index contributed by atoms with van der Waals surface area (Å²) in [6.45, 7) is 1.59. The van der Waals surface area contributed by atoms with Gasteiger partial charge in [-0.3, -0.25) is 9.69 Å². The summed E-state index contributed by atoms with van der Waals surface area (Å²) >= 11 is 3.37. The van der Waals surface area contributed by atoms with E-state index in [2.05, 4.69) is 20.8 Å².